The Bertz CT molecular complexity index is 629. The average molecular weight is 314 g/mol. The first-order valence-electron chi connectivity index (χ1n) is 5.87. The largest absolute Gasteiger partial charge is 0.465 e. The number of ether oxygens (including phenoxy) is 2. The van der Waals surface area contributed by atoms with Crippen molar-refractivity contribution in [3.8, 4) is 5.75 Å². The van der Waals surface area contributed by atoms with E-state index >= 15 is 0 Å². The Labute approximate surface area is 123 Å². The summed E-state index contributed by atoms with van der Waals surface area (Å²) in [6.07, 6.45) is 0. The van der Waals surface area contributed by atoms with E-state index in [1.807, 2.05) is 0 Å². The first-order chi connectivity index (χ1) is 9.99. The van der Waals surface area contributed by atoms with E-state index in [-0.39, 0.29) is 5.75 Å². The Morgan fingerprint density at radius 2 is 2.00 bits per heavy atom. The zero-order valence-electron chi connectivity index (χ0n) is 11.2. The molecule has 112 valence electrons. The lowest BCUT2D eigenvalue weighted by atomic mass is 10.3. The number of methoxy groups -OCH3 is 1. The summed E-state index contributed by atoms with van der Waals surface area (Å²) in [6, 6.07) is 5.98. The molecule has 8 heteroatoms. The SMILES string of the molecule is COC(=O)c1sc(Nc2ccc(OC(F)F)cc2)nc1C. The van der Waals surface area contributed by atoms with Crippen molar-refractivity contribution in [3.05, 3.63) is 34.8 Å². The molecule has 1 aromatic heterocycles. The molecule has 1 aromatic carbocycles. The number of thiazole rings is 1. The predicted octanol–water partition coefficient (Wildman–Crippen LogP) is 3.58. The fraction of sp³-hybridized carbons (Fsp3) is 0.231. The second-order valence-corrected chi connectivity index (χ2v) is 4.95. The molecule has 0 aliphatic carbocycles. The molecular weight excluding hydrogens is 302 g/mol. The topological polar surface area (TPSA) is 60.5 Å². The summed E-state index contributed by atoms with van der Waals surface area (Å²) in [5.41, 5.74) is 1.20. The third-order valence-electron chi connectivity index (χ3n) is 2.50. The number of aryl methyl sites for hydroxylation is 1. The number of anilines is 2. The summed E-state index contributed by atoms with van der Waals surface area (Å²) in [4.78, 5) is 16.1. The minimum absolute atomic E-state index is 0.0705. The van der Waals surface area contributed by atoms with Gasteiger partial charge in [-0.2, -0.15) is 8.78 Å². The number of esters is 1. The molecule has 0 saturated heterocycles. The zero-order valence-corrected chi connectivity index (χ0v) is 12.0. The molecule has 0 aliphatic rings. The fourth-order valence-corrected chi connectivity index (χ4v) is 2.48. The van der Waals surface area contributed by atoms with Gasteiger partial charge in [0.15, 0.2) is 5.13 Å². The van der Waals surface area contributed by atoms with Crippen LogP contribution in [0.5, 0.6) is 5.75 Å². The van der Waals surface area contributed by atoms with Gasteiger partial charge in [-0.25, -0.2) is 9.78 Å². The number of hydrogen-bond donors (Lipinski definition) is 1. The maximum atomic E-state index is 12.0. The summed E-state index contributed by atoms with van der Waals surface area (Å²) in [5, 5.41) is 3.49. The second-order valence-electron chi connectivity index (χ2n) is 3.95. The van der Waals surface area contributed by atoms with Gasteiger partial charge >= 0.3 is 12.6 Å². The van der Waals surface area contributed by atoms with Gasteiger partial charge in [0.25, 0.3) is 0 Å². The average Bonchev–Trinajstić information content (AvgIpc) is 2.80. The minimum atomic E-state index is -2.85. The first kappa shape index (κ1) is 15.2. The van der Waals surface area contributed by atoms with Gasteiger partial charge in [0, 0.05) is 5.69 Å². The number of benzene rings is 1. The molecule has 0 atom stereocenters. The molecule has 21 heavy (non-hydrogen) atoms. The molecule has 0 fully saturated rings. The van der Waals surface area contributed by atoms with Crippen molar-refractivity contribution in [3.63, 3.8) is 0 Å². The maximum Gasteiger partial charge on any atom is 0.387 e. The third-order valence-corrected chi connectivity index (χ3v) is 3.55. The highest BCUT2D eigenvalue weighted by molar-refractivity contribution is 7.17. The van der Waals surface area contributed by atoms with Gasteiger partial charge in [-0.05, 0) is 31.2 Å². The lowest BCUT2D eigenvalue weighted by Gasteiger charge is -2.06. The minimum Gasteiger partial charge on any atom is -0.465 e. The molecule has 5 nitrogen and oxygen atoms in total. The smallest absolute Gasteiger partial charge is 0.387 e. The highest BCUT2D eigenvalue weighted by atomic mass is 32.1. The van der Waals surface area contributed by atoms with Crippen molar-refractivity contribution < 1.29 is 23.0 Å². The third kappa shape index (κ3) is 3.88. The van der Waals surface area contributed by atoms with Crippen molar-refractivity contribution in [2.24, 2.45) is 0 Å². The highest BCUT2D eigenvalue weighted by Gasteiger charge is 2.15. The molecule has 1 N–H and O–H groups in total. The van der Waals surface area contributed by atoms with Crippen LogP contribution in [0.2, 0.25) is 0 Å². The van der Waals surface area contributed by atoms with Gasteiger partial charge in [-0.15, -0.1) is 0 Å². The number of alkyl halides is 2. The van der Waals surface area contributed by atoms with Gasteiger partial charge in [0.2, 0.25) is 0 Å². The first-order valence-corrected chi connectivity index (χ1v) is 6.69. The Morgan fingerprint density at radius 3 is 2.57 bits per heavy atom. The summed E-state index contributed by atoms with van der Waals surface area (Å²) < 4.78 is 33.0. The molecule has 0 amide bonds. The van der Waals surface area contributed by atoms with E-state index in [9.17, 15) is 13.6 Å². The van der Waals surface area contributed by atoms with Crippen molar-refractivity contribution in [1.29, 1.82) is 0 Å². The standard InChI is InChI=1S/C13H12F2N2O3S/c1-7-10(11(18)19-2)21-13(16-7)17-8-3-5-9(6-4-8)20-12(14)15/h3-6,12H,1-2H3,(H,16,17). The van der Waals surface area contributed by atoms with E-state index in [1.165, 1.54) is 19.2 Å². The summed E-state index contributed by atoms with van der Waals surface area (Å²) in [7, 11) is 1.30. The quantitative estimate of drug-likeness (QED) is 0.855. The lowest BCUT2D eigenvalue weighted by molar-refractivity contribution is -0.0498. The van der Waals surface area contributed by atoms with E-state index in [1.54, 1.807) is 19.1 Å². The fourth-order valence-electron chi connectivity index (χ4n) is 1.58. The van der Waals surface area contributed by atoms with E-state index in [4.69, 9.17) is 0 Å². The number of nitrogens with one attached hydrogen (secondary N) is 1. The van der Waals surface area contributed by atoms with Crippen LogP contribution in [0, 0.1) is 6.92 Å². The highest BCUT2D eigenvalue weighted by Crippen LogP contribution is 2.27. The summed E-state index contributed by atoms with van der Waals surface area (Å²) >= 11 is 1.15. The van der Waals surface area contributed by atoms with Crippen molar-refractivity contribution in [1.82, 2.24) is 4.98 Å². The summed E-state index contributed by atoms with van der Waals surface area (Å²) in [6.45, 7) is -1.15. The lowest BCUT2D eigenvalue weighted by Crippen LogP contribution is -2.01. The number of rotatable bonds is 5. The predicted molar refractivity (Wildman–Crippen MR) is 74.5 cm³/mol. The Morgan fingerprint density at radius 1 is 1.33 bits per heavy atom. The van der Waals surface area contributed by atoms with Crippen LogP contribution in [-0.2, 0) is 4.74 Å². The van der Waals surface area contributed by atoms with Crippen LogP contribution in [0.15, 0.2) is 24.3 Å². The van der Waals surface area contributed by atoms with Crippen LogP contribution in [0.25, 0.3) is 0 Å². The maximum absolute atomic E-state index is 12.0. The van der Waals surface area contributed by atoms with E-state index in [2.05, 4.69) is 19.8 Å². The second kappa shape index (κ2) is 6.49. The number of carbonyl (C=O) groups excluding carboxylic acids is 1. The molecule has 0 spiro atoms. The van der Waals surface area contributed by atoms with Crippen LogP contribution >= 0.6 is 11.3 Å². The monoisotopic (exact) mass is 314 g/mol. The number of halogens is 2. The van der Waals surface area contributed by atoms with Gasteiger partial charge in [-0.1, -0.05) is 11.3 Å². The zero-order chi connectivity index (χ0) is 15.4. The van der Waals surface area contributed by atoms with Gasteiger partial charge in [0.05, 0.1) is 12.8 Å². The Hall–Kier alpha value is -2.22. The molecule has 0 radical (unpaired) electrons. The molecule has 1 heterocycles. The van der Waals surface area contributed by atoms with E-state index in [0.717, 1.165) is 11.3 Å². The normalized spacial score (nSPS) is 10.5. The molecular formula is C13H12F2N2O3S. The van der Waals surface area contributed by atoms with E-state index in [0.29, 0.717) is 21.4 Å². The van der Waals surface area contributed by atoms with Crippen LogP contribution in [0.3, 0.4) is 0 Å². The molecule has 2 rings (SSSR count). The van der Waals surface area contributed by atoms with Crippen LogP contribution in [-0.4, -0.2) is 24.7 Å². The van der Waals surface area contributed by atoms with Gasteiger partial charge in [0.1, 0.15) is 10.6 Å². The molecule has 0 aliphatic heterocycles. The number of nitrogens with zero attached hydrogens (tertiary/aromatic N) is 1. The molecule has 2 aromatic rings. The Kier molecular flexibility index (Phi) is 4.69. The van der Waals surface area contributed by atoms with Crippen molar-refractivity contribution in [2.45, 2.75) is 13.5 Å². The van der Waals surface area contributed by atoms with Gasteiger partial charge in [-0.3, -0.25) is 0 Å². The van der Waals surface area contributed by atoms with Crippen molar-refractivity contribution in [2.75, 3.05) is 12.4 Å². The van der Waals surface area contributed by atoms with Crippen LogP contribution < -0.4 is 10.1 Å². The number of aromatic nitrogens is 1. The van der Waals surface area contributed by atoms with E-state index < -0.39 is 12.6 Å². The van der Waals surface area contributed by atoms with Crippen LogP contribution in [0.1, 0.15) is 15.4 Å². The Balaban J connectivity index is 2.09. The molecule has 0 unspecified atom stereocenters. The van der Waals surface area contributed by atoms with Crippen molar-refractivity contribution >= 4 is 28.1 Å². The molecule has 0 bridgehead atoms. The number of carbonyl (C=O) groups is 1. The van der Waals surface area contributed by atoms with Crippen LogP contribution in [0.4, 0.5) is 19.6 Å². The van der Waals surface area contributed by atoms with Gasteiger partial charge < -0.3 is 14.8 Å². The summed E-state index contributed by atoms with van der Waals surface area (Å²) in [5.74, 6) is -0.375. The molecule has 0 saturated carbocycles. The number of hydrogen-bond acceptors (Lipinski definition) is 6.